The average molecular weight is 447 g/mol. The van der Waals surface area contributed by atoms with Crippen LogP contribution in [0.4, 0.5) is 4.39 Å². The molecule has 1 aliphatic carbocycles. The molecule has 7 heteroatoms. The summed E-state index contributed by atoms with van der Waals surface area (Å²) in [5, 5.41) is 3.71. The van der Waals surface area contributed by atoms with Crippen molar-refractivity contribution in [2.24, 2.45) is 0 Å². The van der Waals surface area contributed by atoms with Crippen molar-refractivity contribution in [2.75, 3.05) is 6.61 Å². The van der Waals surface area contributed by atoms with Crippen LogP contribution < -0.4 is 10.1 Å². The predicted octanol–water partition coefficient (Wildman–Crippen LogP) is 4.72. The second-order valence-electron chi connectivity index (χ2n) is 7.80. The maximum absolute atomic E-state index is 13.1. The van der Waals surface area contributed by atoms with Crippen LogP contribution >= 0.6 is 11.6 Å². The van der Waals surface area contributed by atoms with Crippen LogP contribution in [0.3, 0.4) is 0 Å². The summed E-state index contributed by atoms with van der Waals surface area (Å²) in [6.45, 7) is 1.91. The van der Waals surface area contributed by atoms with E-state index in [2.05, 4.69) is 5.32 Å². The molecule has 0 saturated heterocycles. The lowest BCUT2D eigenvalue weighted by atomic mass is 10.1. The van der Waals surface area contributed by atoms with Crippen LogP contribution in [-0.4, -0.2) is 35.4 Å². The normalized spacial score (nSPS) is 14.8. The van der Waals surface area contributed by atoms with Crippen LogP contribution in [0.25, 0.3) is 0 Å². The van der Waals surface area contributed by atoms with Gasteiger partial charge in [-0.15, -0.1) is 0 Å². The first kappa shape index (κ1) is 23.1. The predicted molar refractivity (Wildman–Crippen MR) is 118 cm³/mol. The van der Waals surface area contributed by atoms with Gasteiger partial charge in [0.15, 0.2) is 6.61 Å². The number of halogens is 2. The molecular formula is C24H28ClFN2O3. The Morgan fingerprint density at radius 2 is 1.77 bits per heavy atom. The highest BCUT2D eigenvalue weighted by Crippen LogP contribution is 2.20. The second kappa shape index (κ2) is 11.1. The SMILES string of the molecule is CCC(C(=O)NC1CCCC1)N(Cc1ccc(Cl)cc1)C(=O)COc1ccc(F)cc1. The summed E-state index contributed by atoms with van der Waals surface area (Å²) in [4.78, 5) is 27.7. The standard InChI is InChI=1S/C24H28ClFN2O3/c1-2-22(24(30)27-20-5-3-4-6-20)28(15-17-7-9-18(25)10-8-17)23(29)16-31-21-13-11-19(26)12-14-21/h7-14,20,22H,2-6,15-16H2,1H3,(H,27,30). The van der Waals surface area contributed by atoms with Gasteiger partial charge in [-0.2, -0.15) is 0 Å². The number of carbonyl (C=O) groups excluding carboxylic acids is 2. The van der Waals surface area contributed by atoms with Crippen molar-refractivity contribution in [1.82, 2.24) is 10.2 Å². The topological polar surface area (TPSA) is 58.6 Å². The minimum atomic E-state index is -0.611. The molecule has 1 aliphatic rings. The molecule has 0 spiro atoms. The lowest BCUT2D eigenvalue weighted by Gasteiger charge is -2.31. The van der Waals surface area contributed by atoms with Gasteiger partial charge in [0.05, 0.1) is 0 Å². The monoisotopic (exact) mass is 446 g/mol. The van der Waals surface area contributed by atoms with Gasteiger partial charge in [-0.25, -0.2) is 4.39 Å². The third kappa shape index (κ3) is 6.69. The maximum Gasteiger partial charge on any atom is 0.261 e. The molecule has 31 heavy (non-hydrogen) atoms. The fourth-order valence-electron chi connectivity index (χ4n) is 3.83. The molecule has 0 aromatic heterocycles. The van der Waals surface area contributed by atoms with Gasteiger partial charge in [0.2, 0.25) is 5.91 Å². The average Bonchev–Trinajstić information content (AvgIpc) is 3.27. The first-order valence-electron chi connectivity index (χ1n) is 10.7. The molecule has 1 saturated carbocycles. The molecule has 1 atom stereocenters. The van der Waals surface area contributed by atoms with Crippen LogP contribution in [0.5, 0.6) is 5.75 Å². The zero-order chi connectivity index (χ0) is 22.2. The number of amides is 2. The van der Waals surface area contributed by atoms with Crippen molar-refractivity contribution in [3.63, 3.8) is 0 Å². The third-order valence-corrected chi connectivity index (χ3v) is 5.78. The van der Waals surface area contributed by atoms with Crippen molar-refractivity contribution < 1.29 is 18.7 Å². The Morgan fingerprint density at radius 1 is 1.13 bits per heavy atom. The van der Waals surface area contributed by atoms with E-state index in [4.69, 9.17) is 16.3 Å². The molecule has 166 valence electrons. The van der Waals surface area contributed by atoms with Gasteiger partial charge in [0.25, 0.3) is 5.91 Å². The van der Waals surface area contributed by atoms with E-state index in [9.17, 15) is 14.0 Å². The largest absolute Gasteiger partial charge is 0.484 e. The number of rotatable bonds is 9. The molecule has 5 nitrogen and oxygen atoms in total. The Kier molecular flexibility index (Phi) is 8.29. The van der Waals surface area contributed by atoms with E-state index < -0.39 is 6.04 Å². The van der Waals surface area contributed by atoms with Crippen molar-refractivity contribution >= 4 is 23.4 Å². The third-order valence-electron chi connectivity index (χ3n) is 5.53. The maximum atomic E-state index is 13.1. The summed E-state index contributed by atoms with van der Waals surface area (Å²) >= 11 is 5.98. The second-order valence-corrected chi connectivity index (χ2v) is 8.24. The van der Waals surface area contributed by atoms with E-state index in [1.54, 1.807) is 17.0 Å². The molecule has 1 unspecified atom stereocenters. The highest BCUT2D eigenvalue weighted by atomic mass is 35.5. The lowest BCUT2D eigenvalue weighted by Crippen LogP contribution is -2.52. The fourth-order valence-corrected chi connectivity index (χ4v) is 3.96. The van der Waals surface area contributed by atoms with Crippen LogP contribution in [0, 0.1) is 5.82 Å². The van der Waals surface area contributed by atoms with Gasteiger partial charge in [-0.05, 0) is 61.2 Å². The smallest absolute Gasteiger partial charge is 0.261 e. The molecule has 0 aliphatic heterocycles. The number of nitrogens with one attached hydrogen (secondary N) is 1. The van der Waals surface area contributed by atoms with E-state index >= 15 is 0 Å². The van der Waals surface area contributed by atoms with Gasteiger partial charge < -0.3 is 15.0 Å². The fraction of sp³-hybridized carbons (Fsp3) is 0.417. The molecule has 3 rings (SSSR count). The summed E-state index contributed by atoms with van der Waals surface area (Å²) in [7, 11) is 0. The highest BCUT2D eigenvalue weighted by Gasteiger charge is 2.30. The van der Waals surface area contributed by atoms with E-state index in [0.717, 1.165) is 31.2 Å². The summed E-state index contributed by atoms with van der Waals surface area (Å²) in [6, 6.07) is 12.2. The Hall–Kier alpha value is -2.60. The van der Waals surface area contributed by atoms with Crippen LogP contribution in [0.2, 0.25) is 5.02 Å². The Morgan fingerprint density at radius 3 is 2.39 bits per heavy atom. The van der Waals surface area contributed by atoms with Gasteiger partial charge in [0, 0.05) is 17.6 Å². The number of benzene rings is 2. The molecule has 0 radical (unpaired) electrons. The Labute approximate surface area is 187 Å². The first-order chi connectivity index (χ1) is 15.0. The summed E-state index contributed by atoms with van der Waals surface area (Å²) in [6.07, 6.45) is 4.65. The summed E-state index contributed by atoms with van der Waals surface area (Å²) in [5.74, 6) is -0.437. The van der Waals surface area contributed by atoms with Crippen molar-refractivity contribution in [3.8, 4) is 5.75 Å². The van der Waals surface area contributed by atoms with Gasteiger partial charge >= 0.3 is 0 Å². The summed E-state index contributed by atoms with van der Waals surface area (Å²) < 4.78 is 18.7. The van der Waals surface area contributed by atoms with Crippen molar-refractivity contribution in [3.05, 3.63) is 64.9 Å². The molecule has 2 amide bonds. The van der Waals surface area contributed by atoms with Crippen LogP contribution in [-0.2, 0) is 16.1 Å². The van der Waals surface area contributed by atoms with Crippen molar-refractivity contribution in [1.29, 1.82) is 0 Å². The lowest BCUT2D eigenvalue weighted by molar-refractivity contribution is -0.143. The van der Waals surface area contributed by atoms with E-state index in [-0.39, 0.29) is 36.8 Å². The minimum absolute atomic E-state index is 0.140. The van der Waals surface area contributed by atoms with Gasteiger partial charge in [0.1, 0.15) is 17.6 Å². The quantitative estimate of drug-likeness (QED) is 0.606. The highest BCUT2D eigenvalue weighted by molar-refractivity contribution is 6.30. The first-order valence-corrected chi connectivity index (χ1v) is 11.1. The molecule has 1 fully saturated rings. The molecule has 1 N–H and O–H groups in total. The zero-order valence-electron chi connectivity index (χ0n) is 17.7. The molecule has 0 heterocycles. The molecular weight excluding hydrogens is 419 g/mol. The molecule has 2 aromatic rings. The Bertz CT molecular complexity index is 867. The van der Waals surface area contributed by atoms with E-state index in [1.807, 2.05) is 19.1 Å². The molecule has 0 bridgehead atoms. The number of hydrogen-bond donors (Lipinski definition) is 1. The Balaban J connectivity index is 1.74. The van der Waals surface area contributed by atoms with E-state index in [0.29, 0.717) is 17.2 Å². The van der Waals surface area contributed by atoms with Gasteiger partial charge in [-0.1, -0.05) is 43.5 Å². The minimum Gasteiger partial charge on any atom is -0.484 e. The molecule has 2 aromatic carbocycles. The number of carbonyl (C=O) groups is 2. The zero-order valence-corrected chi connectivity index (χ0v) is 18.4. The summed E-state index contributed by atoms with van der Waals surface area (Å²) in [5.41, 5.74) is 0.867. The van der Waals surface area contributed by atoms with Gasteiger partial charge in [-0.3, -0.25) is 9.59 Å². The van der Waals surface area contributed by atoms with Crippen LogP contribution in [0.1, 0.15) is 44.6 Å². The number of hydrogen-bond acceptors (Lipinski definition) is 3. The number of ether oxygens (including phenoxy) is 1. The van der Waals surface area contributed by atoms with Crippen molar-refractivity contribution in [2.45, 2.75) is 57.7 Å². The van der Waals surface area contributed by atoms with E-state index in [1.165, 1.54) is 24.3 Å². The number of nitrogens with zero attached hydrogens (tertiary/aromatic N) is 1. The van der Waals surface area contributed by atoms with Crippen LogP contribution in [0.15, 0.2) is 48.5 Å².